The van der Waals surface area contributed by atoms with Crippen LogP contribution in [0.5, 0.6) is 11.6 Å². The molecule has 0 spiro atoms. The minimum atomic E-state index is -1.05. The number of carboxylic acid groups (broad SMARTS) is 1. The van der Waals surface area contributed by atoms with E-state index in [4.69, 9.17) is 15.6 Å². The van der Waals surface area contributed by atoms with Crippen molar-refractivity contribution in [2.45, 2.75) is 26.0 Å². The largest absolute Gasteiger partial charge is 0.477 e. The zero-order chi connectivity index (χ0) is 20.7. The van der Waals surface area contributed by atoms with Gasteiger partial charge >= 0.3 is 5.97 Å². The molecule has 0 saturated carbocycles. The fourth-order valence-electron chi connectivity index (χ4n) is 2.06. The summed E-state index contributed by atoms with van der Waals surface area (Å²) >= 11 is 1.02. The van der Waals surface area contributed by atoms with E-state index in [1.807, 2.05) is 0 Å². The number of rotatable bonds is 5. The molecule has 28 heavy (non-hydrogen) atoms. The summed E-state index contributed by atoms with van der Waals surface area (Å²) in [6.45, 7) is 3.41. The number of hydrogen-bond acceptors (Lipinski definition) is 7. The number of aromatic carboxylic acids is 1. The van der Waals surface area contributed by atoms with Crippen molar-refractivity contribution in [2.75, 3.05) is 0 Å². The van der Waals surface area contributed by atoms with Gasteiger partial charge in [0.05, 0.1) is 17.3 Å². The van der Waals surface area contributed by atoms with Crippen molar-refractivity contribution in [3.63, 3.8) is 0 Å². The highest BCUT2D eigenvalue weighted by molar-refractivity contribution is 7.12. The lowest BCUT2D eigenvalue weighted by molar-refractivity contribution is 0.0698. The zero-order valence-corrected chi connectivity index (χ0v) is 16.1. The lowest BCUT2D eigenvalue weighted by atomic mass is 9.97. The molecule has 0 unspecified atom stereocenters. The molecule has 0 fully saturated rings. The molecule has 0 bridgehead atoms. The molecule has 9 heteroatoms. The summed E-state index contributed by atoms with van der Waals surface area (Å²) in [6, 6.07) is 7.98. The van der Waals surface area contributed by atoms with Gasteiger partial charge in [0.25, 0.3) is 0 Å². The van der Waals surface area contributed by atoms with Crippen molar-refractivity contribution in [3.8, 4) is 11.6 Å². The highest BCUT2D eigenvalue weighted by Gasteiger charge is 2.17. The minimum absolute atomic E-state index is 0.0823. The molecule has 1 aromatic carbocycles. The van der Waals surface area contributed by atoms with Gasteiger partial charge in [0, 0.05) is 18.3 Å². The van der Waals surface area contributed by atoms with Crippen LogP contribution in [0.3, 0.4) is 0 Å². The Bertz CT molecular complexity index is 926. The fourth-order valence-corrected chi connectivity index (χ4v) is 2.61. The average Bonchev–Trinajstić information content (AvgIpc) is 3.11. The Morgan fingerprint density at radius 1 is 1.36 bits per heavy atom. The van der Waals surface area contributed by atoms with E-state index >= 15 is 0 Å². The second kappa shape index (κ2) is 9.36. The van der Waals surface area contributed by atoms with Gasteiger partial charge in [0.1, 0.15) is 11.6 Å². The Balaban J connectivity index is 0.000000203. The monoisotopic (exact) mass is 405 g/mol. The van der Waals surface area contributed by atoms with Gasteiger partial charge < -0.3 is 20.7 Å². The summed E-state index contributed by atoms with van der Waals surface area (Å²) in [6.07, 6.45) is 3.09. The maximum Gasteiger partial charge on any atom is 0.351 e. The van der Waals surface area contributed by atoms with Gasteiger partial charge in [-0.05, 0) is 37.6 Å². The van der Waals surface area contributed by atoms with E-state index in [2.05, 4.69) is 9.97 Å². The number of thiazole rings is 1. The molecule has 0 aliphatic heterocycles. The van der Waals surface area contributed by atoms with Crippen molar-refractivity contribution in [3.05, 3.63) is 70.1 Å². The quantitative estimate of drug-likeness (QED) is 0.594. The van der Waals surface area contributed by atoms with Crippen LogP contribution in [0.15, 0.2) is 48.2 Å². The number of nitrogens with two attached hydrogens (primary N) is 1. The topological polar surface area (TPSA) is 119 Å². The fraction of sp³-hybridized carbons (Fsp3) is 0.211. The number of halogens is 1. The van der Waals surface area contributed by atoms with Crippen LogP contribution < -0.4 is 10.5 Å². The van der Waals surface area contributed by atoms with E-state index in [0.29, 0.717) is 16.9 Å². The molecule has 2 aromatic heterocycles. The van der Waals surface area contributed by atoms with Crippen LogP contribution in [0, 0.1) is 5.82 Å². The molecule has 7 nitrogen and oxygen atoms in total. The Hall–Kier alpha value is -2.88. The van der Waals surface area contributed by atoms with Crippen LogP contribution in [0.25, 0.3) is 0 Å². The molecule has 148 valence electrons. The maximum absolute atomic E-state index is 13.2. The molecule has 0 radical (unpaired) electrons. The van der Waals surface area contributed by atoms with Crippen LogP contribution in [-0.2, 0) is 12.1 Å². The molecular weight excluding hydrogens is 385 g/mol. The summed E-state index contributed by atoms with van der Waals surface area (Å²) in [7, 11) is 0. The van der Waals surface area contributed by atoms with Gasteiger partial charge in [-0.25, -0.2) is 14.2 Å². The molecule has 3 rings (SSSR count). The smallest absolute Gasteiger partial charge is 0.351 e. The number of benzene rings is 1. The second-order valence-electron chi connectivity index (χ2n) is 6.15. The third-order valence-electron chi connectivity index (χ3n) is 3.56. The van der Waals surface area contributed by atoms with Gasteiger partial charge in [0.15, 0.2) is 4.88 Å². The third kappa shape index (κ3) is 5.81. The molecule has 0 aliphatic carbocycles. The predicted octanol–water partition coefficient (Wildman–Crippen LogP) is 3.54. The van der Waals surface area contributed by atoms with Crippen molar-refractivity contribution in [2.24, 2.45) is 5.73 Å². The van der Waals surface area contributed by atoms with Crippen molar-refractivity contribution in [1.82, 2.24) is 9.97 Å². The number of carboxylic acids is 1. The second-order valence-corrected chi connectivity index (χ2v) is 7.01. The first-order valence-electron chi connectivity index (χ1n) is 8.18. The van der Waals surface area contributed by atoms with E-state index in [1.54, 1.807) is 44.3 Å². The van der Waals surface area contributed by atoms with E-state index in [0.717, 1.165) is 11.3 Å². The van der Waals surface area contributed by atoms with E-state index in [1.165, 1.54) is 17.8 Å². The van der Waals surface area contributed by atoms with Crippen LogP contribution in [0.2, 0.25) is 0 Å². The Morgan fingerprint density at radius 3 is 2.64 bits per heavy atom. The Morgan fingerprint density at radius 2 is 2.11 bits per heavy atom. The number of pyridine rings is 1. The molecule has 0 saturated heterocycles. The van der Waals surface area contributed by atoms with Gasteiger partial charge in [-0.2, -0.15) is 0 Å². The maximum atomic E-state index is 13.2. The minimum Gasteiger partial charge on any atom is -0.477 e. The van der Waals surface area contributed by atoms with Crippen LogP contribution in [0.4, 0.5) is 4.39 Å². The average molecular weight is 405 g/mol. The lowest BCUT2D eigenvalue weighted by Gasteiger charge is -2.18. The molecule has 4 N–H and O–H groups in total. The summed E-state index contributed by atoms with van der Waals surface area (Å²) in [5, 5.41) is 18.4. The van der Waals surface area contributed by atoms with E-state index < -0.39 is 11.6 Å². The zero-order valence-electron chi connectivity index (χ0n) is 15.3. The normalized spacial score (nSPS) is 10.8. The van der Waals surface area contributed by atoms with Crippen LogP contribution >= 0.6 is 11.3 Å². The number of ether oxygens (including phenoxy) is 1. The predicted molar refractivity (Wildman–Crippen MR) is 103 cm³/mol. The van der Waals surface area contributed by atoms with E-state index in [-0.39, 0.29) is 23.1 Å². The first-order valence-corrected chi connectivity index (χ1v) is 9.06. The molecule has 3 aromatic rings. The van der Waals surface area contributed by atoms with E-state index in [9.17, 15) is 14.3 Å². The highest BCUT2D eigenvalue weighted by atomic mass is 32.1. The standard InChI is InChI=1S/C10H14FNO.C9H6N2O3S/c1-10(2,13)8-4-3-7(6-12)9(11)5-8;12-9(13)7-8(11-5-15-7)14-6-2-1-3-10-4-6/h3-5,13H,6,12H2,1-2H3;1-5H,(H,12,13). The summed E-state index contributed by atoms with van der Waals surface area (Å²) in [4.78, 5) is 18.5. The first-order chi connectivity index (χ1) is 13.2. The summed E-state index contributed by atoms with van der Waals surface area (Å²) in [5.41, 5.74) is 6.75. The van der Waals surface area contributed by atoms with Crippen LogP contribution in [0.1, 0.15) is 34.6 Å². The number of aliphatic hydroxyl groups is 1. The first kappa shape index (κ1) is 21.4. The molecule has 0 amide bonds. The van der Waals surface area contributed by atoms with Crippen LogP contribution in [-0.4, -0.2) is 26.2 Å². The van der Waals surface area contributed by atoms with Crippen molar-refractivity contribution < 1.29 is 24.1 Å². The van der Waals surface area contributed by atoms with Gasteiger partial charge in [-0.1, -0.05) is 12.1 Å². The number of nitrogens with zero attached hydrogens (tertiary/aromatic N) is 2. The Labute approximate surface area is 165 Å². The number of carbonyl (C=O) groups is 1. The molecular formula is C19H20FN3O4S. The molecule has 0 aliphatic rings. The van der Waals surface area contributed by atoms with Crippen molar-refractivity contribution >= 4 is 17.3 Å². The third-order valence-corrected chi connectivity index (χ3v) is 4.35. The SMILES string of the molecule is CC(C)(O)c1ccc(CN)c(F)c1.O=C(O)c1scnc1Oc1cccnc1. The summed E-state index contributed by atoms with van der Waals surface area (Å²) < 4.78 is 18.5. The number of aromatic nitrogens is 2. The number of hydrogen-bond donors (Lipinski definition) is 3. The summed E-state index contributed by atoms with van der Waals surface area (Å²) in [5.74, 6) is -0.843. The van der Waals surface area contributed by atoms with Crippen molar-refractivity contribution in [1.29, 1.82) is 0 Å². The molecule has 2 heterocycles. The highest BCUT2D eigenvalue weighted by Crippen LogP contribution is 2.26. The van der Waals surface area contributed by atoms with Gasteiger partial charge in [-0.15, -0.1) is 11.3 Å². The molecule has 0 atom stereocenters. The van der Waals surface area contributed by atoms with Gasteiger partial charge in [0.2, 0.25) is 5.88 Å². The van der Waals surface area contributed by atoms with Gasteiger partial charge in [-0.3, -0.25) is 4.98 Å². The lowest BCUT2D eigenvalue weighted by Crippen LogP contribution is -2.16. The Kier molecular flexibility index (Phi) is 7.16.